The van der Waals surface area contributed by atoms with E-state index in [-0.39, 0.29) is 0 Å². The van der Waals surface area contributed by atoms with Crippen LogP contribution < -0.4 is 5.73 Å². The van der Waals surface area contributed by atoms with Crippen molar-refractivity contribution in [3.05, 3.63) is 65.4 Å². The maximum Gasteiger partial charge on any atom is 0.139 e. The molecule has 0 amide bonds. The van der Waals surface area contributed by atoms with E-state index in [0.29, 0.717) is 17.0 Å². The lowest BCUT2D eigenvalue weighted by molar-refractivity contribution is 0.193. The molecular weight excluding hydrogens is 238 g/mol. The summed E-state index contributed by atoms with van der Waals surface area (Å²) in [6.45, 7) is 2.03. The second-order valence-corrected chi connectivity index (χ2v) is 4.72. The average molecular weight is 253 g/mol. The third-order valence-corrected chi connectivity index (χ3v) is 3.25. The zero-order chi connectivity index (χ0) is 13.4. The van der Waals surface area contributed by atoms with Gasteiger partial charge < -0.3 is 15.3 Å². The summed E-state index contributed by atoms with van der Waals surface area (Å²) in [5.41, 5.74) is 9.04. The van der Waals surface area contributed by atoms with Gasteiger partial charge in [-0.05, 0) is 31.2 Å². The van der Waals surface area contributed by atoms with Crippen LogP contribution in [0, 0.1) is 6.92 Å². The van der Waals surface area contributed by atoms with Gasteiger partial charge in [-0.2, -0.15) is 0 Å². The molecule has 0 bridgehead atoms. The summed E-state index contributed by atoms with van der Waals surface area (Å²) in [6, 6.07) is 15.1. The van der Waals surface area contributed by atoms with Gasteiger partial charge in [0.1, 0.15) is 17.4 Å². The molecule has 1 unspecified atom stereocenters. The van der Waals surface area contributed by atoms with Crippen LogP contribution in [0.3, 0.4) is 0 Å². The number of rotatable bonds is 2. The maximum atomic E-state index is 10.4. The monoisotopic (exact) mass is 253 g/mol. The molecule has 96 valence electrons. The molecule has 3 nitrogen and oxygen atoms in total. The number of fused-ring (bicyclic) bond motifs is 1. The van der Waals surface area contributed by atoms with Crippen LogP contribution >= 0.6 is 0 Å². The van der Waals surface area contributed by atoms with Gasteiger partial charge in [-0.1, -0.05) is 29.8 Å². The first kappa shape index (κ1) is 11.8. The molecule has 0 fully saturated rings. The Labute approximate surface area is 111 Å². The summed E-state index contributed by atoms with van der Waals surface area (Å²) in [6.07, 6.45) is -0.839. The molecular formula is C16H15NO2. The first-order valence-corrected chi connectivity index (χ1v) is 6.18. The molecule has 0 saturated carbocycles. The third-order valence-electron chi connectivity index (χ3n) is 3.25. The Morgan fingerprint density at radius 3 is 2.68 bits per heavy atom. The molecule has 3 heteroatoms. The predicted molar refractivity (Wildman–Crippen MR) is 75.9 cm³/mol. The van der Waals surface area contributed by atoms with Crippen molar-refractivity contribution >= 4 is 16.7 Å². The van der Waals surface area contributed by atoms with Crippen molar-refractivity contribution in [2.24, 2.45) is 0 Å². The fraction of sp³-hybridized carbons (Fsp3) is 0.125. The van der Waals surface area contributed by atoms with Crippen LogP contribution in [0.5, 0.6) is 0 Å². The largest absolute Gasteiger partial charge is 0.458 e. The molecule has 0 aliphatic heterocycles. The Balaban J connectivity index is 2.07. The summed E-state index contributed by atoms with van der Waals surface area (Å²) in [7, 11) is 0. The van der Waals surface area contributed by atoms with E-state index in [1.54, 1.807) is 12.1 Å². The quantitative estimate of drug-likeness (QED) is 0.688. The molecule has 3 N–H and O–H groups in total. The van der Waals surface area contributed by atoms with Crippen molar-refractivity contribution < 1.29 is 9.52 Å². The zero-order valence-electron chi connectivity index (χ0n) is 10.6. The van der Waals surface area contributed by atoms with Gasteiger partial charge >= 0.3 is 0 Å². The van der Waals surface area contributed by atoms with E-state index in [9.17, 15) is 5.11 Å². The van der Waals surface area contributed by atoms with Gasteiger partial charge in [0.15, 0.2) is 0 Å². The lowest BCUT2D eigenvalue weighted by atomic mass is 10.1. The fourth-order valence-corrected chi connectivity index (χ4v) is 2.23. The predicted octanol–water partition coefficient (Wildman–Crippen LogP) is 3.41. The van der Waals surface area contributed by atoms with E-state index >= 15 is 0 Å². The summed E-state index contributed by atoms with van der Waals surface area (Å²) in [5.74, 6) is 0.513. The van der Waals surface area contributed by atoms with Crippen LogP contribution in [-0.2, 0) is 0 Å². The van der Waals surface area contributed by atoms with Gasteiger partial charge in [0.05, 0.1) is 0 Å². The fourth-order valence-electron chi connectivity index (χ4n) is 2.23. The lowest BCUT2D eigenvalue weighted by Gasteiger charge is -2.10. The highest BCUT2D eigenvalue weighted by atomic mass is 16.4. The Morgan fingerprint density at radius 1 is 1.11 bits per heavy atom. The number of anilines is 1. The maximum absolute atomic E-state index is 10.4. The minimum atomic E-state index is -0.839. The number of aliphatic hydroxyl groups is 1. The molecule has 1 atom stereocenters. The Bertz CT molecular complexity index is 730. The van der Waals surface area contributed by atoms with E-state index in [1.165, 1.54) is 0 Å². The van der Waals surface area contributed by atoms with Crippen LogP contribution in [0.4, 0.5) is 5.69 Å². The second kappa shape index (κ2) is 4.44. The standard InChI is InChI=1S/C16H15NO2/c1-10-6-7-14-11(8-10)9-15(19-14)16(18)12-4-2-3-5-13(12)17/h2-9,16,18H,17H2,1H3. The second-order valence-electron chi connectivity index (χ2n) is 4.72. The Hall–Kier alpha value is -2.26. The molecule has 0 aliphatic rings. The van der Waals surface area contributed by atoms with Crippen molar-refractivity contribution in [1.29, 1.82) is 0 Å². The van der Waals surface area contributed by atoms with Crippen molar-refractivity contribution in [3.8, 4) is 0 Å². The summed E-state index contributed by atoms with van der Waals surface area (Å²) < 4.78 is 5.69. The minimum Gasteiger partial charge on any atom is -0.458 e. The van der Waals surface area contributed by atoms with Gasteiger partial charge in [0.2, 0.25) is 0 Å². The zero-order valence-corrected chi connectivity index (χ0v) is 10.6. The molecule has 0 radical (unpaired) electrons. The van der Waals surface area contributed by atoms with E-state index in [0.717, 1.165) is 16.5 Å². The molecule has 0 aliphatic carbocycles. The van der Waals surface area contributed by atoms with E-state index in [1.807, 2.05) is 43.3 Å². The Kier molecular flexibility index (Phi) is 2.76. The normalized spacial score (nSPS) is 12.7. The van der Waals surface area contributed by atoms with Crippen LogP contribution in [0.2, 0.25) is 0 Å². The molecule has 3 rings (SSSR count). The molecule has 3 aromatic rings. The van der Waals surface area contributed by atoms with Crippen molar-refractivity contribution in [2.75, 3.05) is 5.73 Å². The molecule has 19 heavy (non-hydrogen) atoms. The smallest absolute Gasteiger partial charge is 0.139 e. The van der Waals surface area contributed by atoms with Crippen LogP contribution in [0.15, 0.2) is 52.9 Å². The van der Waals surface area contributed by atoms with E-state index < -0.39 is 6.10 Å². The number of nitrogen functional groups attached to an aromatic ring is 1. The highest BCUT2D eigenvalue weighted by molar-refractivity contribution is 5.79. The molecule has 1 aromatic heterocycles. The number of para-hydroxylation sites is 1. The first-order chi connectivity index (χ1) is 9.15. The number of benzene rings is 2. The number of furan rings is 1. The minimum absolute atomic E-state index is 0.513. The summed E-state index contributed by atoms with van der Waals surface area (Å²) >= 11 is 0. The van der Waals surface area contributed by atoms with Gasteiger partial charge in [-0.15, -0.1) is 0 Å². The SMILES string of the molecule is Cc1ccc2oc(C(O)c3ccccc3N)cc2c1. The van der Waals surface area contributed by atoms with Crippen molar-refractivity contribution in [3.63, 3.8) is 0 Å². The number of hydrogen-bond acceptors (Lipinski definition) is 3. The van der Waals surface area contributed by atoms with Crippen molar-refractivity contribution in [2.45, 2.75) is 13.0 Å². The topological polar surface area (TPSA) is 59.4 Å². The third kappa shape index (κ3) is 2.09. The molecule has 0 spiro atoms. The van der Waals surface area contributed by atoms with Gasteiger partial charge in [-0.25, -0.2) is 0 Å². The highest BCUT2D eigenvalue weighted by Crippen LogP contribution is 2.31. The highest BCUT2D eigenvalue weighted by Gasteiger charge is 2.17. The van der Waals surface area contributed by atoms with E-state index in [4.69, 9.17) is 10.2 Å². The number of nitrogens with two attached hydrogens (primary N) is 1. The van der Waals surface area contributed by atoms with Crippen LogP contribution in [0.1, 0.15) is 23.0 Å². The average Bonchev–Trinajstić information content (AvgIpc) is 2.81. The number of aliphatic hydroxyl groups excluding tert-OH is 1. The Morgan fingerprint density at radius 2 is 1.89 bits per heavy atom. The van der Waals surface area contributed by atoms with Crippen molar-refractivity contribution in [1.82, 2.24) is 0 Å². The summed E-state index contributed by atoms with van der Waals surface area (Å²) in [5, 5.41) is 11.4. The summed E-state index contributed by atoms with van der Waals surface area (Å²) in [4.78, 5) is 0. The van der Waals surface area contributed by atoms with Gasteiger partial charge in [-0.3, -0.25) is 0 Å². The number of hydrogen-bond donors (Lipinski definition) is 2. The molecule has 0 saturated heterocycles. The first-order valence-electron chi connectivity index (χ1n) is 6.18. The van der Waals surface area contributed by atoms with Gasteiger partial charge in [0.25, 0.3) is 0 Å². The van der Waals surface area contributed by atoms with Crippen LogP contribution in [0.25, 0.3) is 11.0 Å². The lowest BCUT2D eigenvalue weighted by Crippen LogP contribution is -2.02. The van der Waals surface area contributed by atoms with E-state index in [2.05, 4.69) is 0 Å². The molecule has 2 aromatic carbocycles. The molecule has 1 heterocycles. The number of aryl methyl sites for hydroxylation is 1. The van der Waals surface area contributed by atoms with Crippen LogP contribution in [-0.4, -0.2) is 5.11 Å². The van der Waals surface area contributed by atoms with Gasteiger partial charge in [0, 0.05) is 16.6 Å².